The number of ether oxygens (including phenoxy) is 4. The van der Waals surface area contributed by atoms with E-state index in [1.54, 1.807) is 0 Å². The van der Waals surface area contributed by atoms with E-state index in [2.05, 4.69) is 167 Å². The van der Waals surface area contributed by atoms with E-state index >= 15 is 0 Å². The number of carbonyl (C=O) groups is 4. The minimum Gasteiger partial charge on any atom is -0.462 e. The van der Waals surface area contributed by atoms with Crippen LogP contribution in [-0.2, 0) is 65.4 Å². The second kappa shape index (κ2) is 79.8. The van der Waals surface area contributed by atoms with Crippen molar-refractivity contribution in [2.75, 3.05) is 39.6 Å². The molecule has 0 aliphatic heterocycles. The summed E-state index contributed by atoms with van der Waals surface area (Å²) in [5.41, 5.74) is 0. The molecular formula is C89H148O17P2. The fourth-order valence-electron chi connectivity index (χ4n) is 10.7. The second-order valence-electron chi connectivity index (χ2n) is 27.3. The van der Waals surface area contributed by atoms with Crippen LogP contribution in [0.2, 0.25) is 0 Å². The number of rotatable bonds is 77. The van der Waals surface area contributed by atoms with Gasteiger partial charge in [0.2, 0.25) is 0 Å². The molecule has 0 amide bonds. The molecule has 0 aromatic rings. The van der Waals surface area contributed by atoms with Crippen molar-refractivity contribution in [3.63, 3.8) is 0 Å². The standard InChI is InChI=1S/C89H148O17P2/c1-5-9-13-17-21-25-29-33-37-39-41-43-47-49-53-57-61-65-69-73-86(91)99-79-84(105-88(93)75-71-67-63-59-55-51-45-35-31-27-23-19-15-11-7-3)81-103-107(95,96)101-77-83(90)78-102-108(97,98)104-82-85(106-89(94)76-72-68-64-60-56-52-46-36-32-28-24-20-16-12-8-4)80-100-87(92)74-70-66-62-58-54-50-48-44-42-40-38-34-30-26-22-18-14-10-6-2/h9,11,13,15,21-23,25-27,33-35,37-38,41-45,49,53,55,59,61,65,83-85,90H,5-8,10,12,14,16-20,24,28-32,36,39-40,46-48,50-52,54,56-58,60,62-64,66-82H2,1-4H3,(H,95,96)(H,97,98)/b13-9-,15-11-,25-21-,26-22-,27-23-,37-33-,38-34-,43-41-,44-42-,45-35-,53-49-,59-55-,65-61-. The molecule has 0 aromatic carbocycles. The van der Waals surface area contributed by atoms with Crippen molar-refractivity contribution in [1.82, 2.24) is 0 Å². The summed E-state index contributed by atoms with van der Waals surface area (Å²) in [6.07, 6.45) is 93.7. The number of carbonyl (C=O) groups excluding carboxylic acids is 4. The minimum absolute atomic E-state index is 0.0218. The summed E-state index contributed by atoms with van der Waals surface area (Å²) in [6, 6.07) is 0. The molecular weight excluding hydrogens is 1400 g/mol. The molecule has 0 bridgehead atoms. The molecule has 0 radical (unpaired) electrons. The van der Waals surface area contributed by atoms with E-state index in [1.165, 1.54) is 83.5 Å². The van der Waals surface area contributed by atoms with Crippen LogP contribution in [-0.4, -0.2) is 96.7 Å². The summed E-state index contributed by atoms with van der Waals surface area (Å²) in [5.74, 6) is -2.33. The highest BCUT2D eigenvalue weighted by Crippen LogP contribution is 2.45. The van der Waals surface area contributed by atoms with Crippen LogP contribution in [0.1, 0.15) is 323 Å². The predicted molar refractivity (Wildman–Crippen MR) is 445 cm³/mol. The van der Waals surface area contributed by atoms with Crippen LogP contribution < -0.4 is 0 Å². The Morgan fingerprint density at radius 1 is 0.269 bits per heavy atom. The first-order valence-electron chi connectivity index (χ1n) is 41.7. The highest BCUT2D eigenvalue weighted by atomic mass is 31.2. The van der Waals surface area contributed by atoms with E-state index in [0.29, 0.717) is 38.5 Å². The Morgan fingerprint density at radius 3 is 0.833 bits per heavy atom. The van der Waals surface area contributed by atoms with E-state index in [-0.39, 0.29) is 25.7 Å². The number of aliphatic hydroxyl groups excluding tert-OH is 1. The molecule has 0 heterocycles. The number of hydrogen-bond acceptors (Lipinski definition) is 15. The summed E-state index contributed by atoms with van der Waals surface area (Å²) in [7, 11) is -10.0. The fourth-order valence-corrected chi connectivity index (χ4v) is 12.3. The number of allylic oxidation sites excluding steroid dienone is 26. The number of esters is 4. The molecule has 19 heteroatoms. The summed E-state index contributed by atoms with van der Waals surface area (Å²) in [4.78, 5) is 73.1. The fraction of sp³-hybridized carbons (Fsp3) is 0.663. The quantitative estimate of drug-likeness (QED) is 0.0169. The third-order valence-electron chi connectivity index (χ3n) is 17.0. The maximum atomic E-state index is 13.1. The Labute approximate surface area is 655 Å². The lowest BCUT2D eigenvalue weighted by atomic mass is 10.0. The van der Waals surface area contributed by atoms with Gasteiger partial charge in [-0.05, 0) is 141 Å². The molecule has 3 N–H and O–H groups in total. The van der Waals surface area contributed by atoms with Gasteiger partial charge < -0.3 is 33.8 Å². The largest absolute Gasteiger partial charge is 0.472 e. The molecule has 0 saturated carbocycles. The van der Waals surface area contributed by atoms with Gasteiger partial charge in [-0.25, -0.2) is 9.13 Å². The average Bonchev–Trinajstić information content (AvgIpc) is 0.923. The molecule has 0 rings (SSSR count). The third-order valence-corrected chi connectivity index (χ3v) is 18.9. The highest BCUT2D eigenvalue weighted by molar-refractivity contribution is 7.47. The maximum Gasteiger partial charge on any atom is 0.472 e. The second-order valence-corrected chi connectivity index (χ2v) is 30.2. The van der Waals surface area contributed by atoms with Crippen LogP contribution in [0.4, 0.5) is 0 Å². The minimum atomic E-state index is -5.01. The molecule has 0 aliphatic rings. The Balaban J connectivity index is 5.47. The molecule has 0 saturated heterocycles. The smallest absolute Gasteiger partial charge is 0.462 e. The lowest BCUT2D eigenvalue weighted by molar-refractivity contribution is -0.161. The zero-order chi connectivity index (χ0) is 78.9. The number of phosphoric acid groups is 2. The first-order valence-corrected chi connectivity index (χ1v) is 44.7. The first-order chi connectivity index (χ1) is 52.7. The zero-order valence-corrected chi connectivity index (χ0v) is 69.3. The zero-order valence-electron chi connectivity index (χ0n) is 67.5. The van der Waals surface area contributed by atoms with Gasteiger partial charge in [-0.3, -0.25) is 37.3 Å². The molecule has 0 aliphatic carbocycles. The van der Waals surface area contributed by atoms with E-state index in [4.69, 9.17) is 37.0 Å². The molecule has 0 fully saturated rings. The summed E-state index contributed by atoms with van der Waals surface area (Å²) in [5, 5.41) is 10.7. The summed E-state index contributed by atoms with van der Waals surface area (Å²) >= 11 is 0. The number of hydrogen-bond donors (Lipinski definition) is 3. The van der Waals surface area contributed by atoms with Gasteiger partial charge >= 0.3 is 39.5 Å². The summed E-state index contributed by atoms with van der Waals surface area (Å²) < 4.78 is 68.6. The van der Waals surface area contributed by atoms with Crippen molar-refractivity contribution in [3.05, 3.63) is 158 Å². The first kappa shape index (κ1) is 103. The van der Waals surface area contributed by atoms with Gasteiger partial charge in [0.1, 0.15) is 19.3 Å². The maximum absolute atomic E-state index is 13.1. The van der Waals surface area contributed by atoms with Gasteiger partial charge in [0, 0.05) is 25.7 Å². The van der Waals surface area contributed by atoms with Crippen molar-refractivity contribution in [2.24, 2.45) is 0 Å². The SMILES string of the molecule is CC/C=C\C/C=C\C/C=C\C/C=C\C/C=C\C/C=C\CCC(=O)OCC(COP(=O)(O)OCC(O)COP(=O)(O)OCC(COC(=O)CCCCCCCC/C=C\C/C=C\C/C=C\CCCCC)OC(=O)CCCCCCCCCCCCCCCCC)OC(=O)CCCC/C=C\C/C=C\C/C=C\C/C=C\CC. The number of phosphoric ester groups is 2. The van der Waals surface area contributed by atoms with Crippen LogP contribution >= 0.6 is 15.6 Å². The normalized spacial score (nSPS) is 14.6. The van der Waals surface area contributed by atoms with Crippen molar-refractivity contribution in [1.29, 1.82) is 0 Å². The van der Waals surface area contributed by atoms with Crippen LogP contribution in [0.15, 0.2) is 158 Å². The Kier molecular flexibility index (Phi) is 75.8. The summed E-state index contributed by atoms with van der Waals surface area (Å²) in [6.45, 7) is 4.49. The molecule has 17 nitrogen and oxygen atoms in total. The Morgan fingerprint density at radius 2 is 0.500 bits per heavy atom. The molecule has 0 spiro atoms. The highest BCUT2D eigenvalue weighted by Gasteiger charge is 2.30. The molecule has 0 aromatic heterocycles. The lowest BCUT2D eigenvalue weighted by Crippen LogP contribution is -2.30. The van der Waals surface area contributed by atoms with E-state index in [9.17, 15) is 43.2 Å². The van der Waals surface area contributed by atoms with Crippen molar-refractivity contribution >= 4 is 39.5 Å². The van der Waals surface area contributed by atoms with Crippen LogP contribution in [0.25, 0.3) is 0 Å². The Hall–Kier alpha value is -5.32. The topological polar surface area (TPSA) is 237 Å². The van der Waals surface area contributed by atoms with Gasteiger partial charge in [-0.15, -0.1) is 0 Å². The van der Waals surface area contributed by atoms with Crippen LogP contribution in [0.5, 0.6) is 0 Å². The monoisotopic (exact) mass is 1550 g/mol. The van der Waals surface area contributed by atoms with E-state index in [1.807, 2.05) is 18.2 Å². The van der Waals surface area contributed by atoms with Gasteiger partial charge in [0.25, 0.3) is 0 Å². The van der Waals surface area contributed by atoms with Gasteiger partial charge in [0.15, 0.2) is 12.2 Å². The third kappa shape index (κ3) is 78.8. The van der Waals surface area contributed by atoms with Crippen molar-refractivity contribution in [2.45, 2.75) is 341 Å². The van der Waals surface area contributed by atoms with E-state index < -0.39 is 97.5 Å². The predicted octanol–water partition coefficient (Wildman–Crippen LogP) is 24.8. The lowest BCUT2D eigenvalue weighted by Gasteiger charge is -2.21. The molecule has 108 heavy (non-hydrogen) atoms. The van der Waals surface area contributed by atoms with E-state index in [0.717, 1.165) is 148 Å². The van der Waals surface area contributed by atoms with Crippen molar-refractivity contribution in [3.8, 4) is 0 Å². The van der Waals surface area contributed by atoms with Crippen LogP contribution in [0.3, 0.4) is 0 Å². The van der Waals surface area contributed by atoms with Crippen LogP contribution in [0, 0.1) is 0 Å². The number of unbranched alkanes of at least 4 members (excludes halogenated alkanes) is 25. The van der Waals surface area contributed by atoms with Gasteiger partial charge in [-0.1, -0.05) is 314 Å². The molecule has 5 atom stereocenters. The van der Waals surface area contributed by atoms with Gasteiger partial charge in [-0.2, -0.15) is 0 Å². The van der Waals surface area contributed by atoms with Gasteiger partial charge in [0.05, 0.1) is 26.4 Å². The molecule has 5 unspecified atom stereocenters. The Bertz CT molecular complexity index is 2660. The molecule has 616 valence electrons. The average molecular weight is 1550 g/mol. The van der Waals surface area contributed by atoms with Crippen molar-refractivity contribution < 1.29 is 80.2 Å². The number of aliphatic hydroxyl groups is 1.